The van der Waals surface area contributed by atoms with Gasteiger partial charge in [0.25, 0.3) is 0 Å². The van der Waals surface area contributed by atoms with Crippen LogP contribution in [0, 0.1) is 11.8 Å². The first-order valence-electron chi connectivity index (χ1n) is 5.98. The molecule has 0 N–H and O–H groups in total. The molecule has 0 aromatic rings. The molecule has 0 radical (unpaired) electrons. The van der Waals surface area contributed by atoms with E-state index < -0.39 is 0 Å². The molecule has 0 aliphatic heterocycles. The Morgan fingerprint density at radius 3 is 2.36 bits per heavy atom. The van der Waals surface area contributed by atoms with Crippen molar-refractivity contribution in [2.45, 2.75) is 51.9 Å². The van der Waals surface area contributed by atoms with E-state index in [0.29, 0.717) is 5.92 Å². The fourth-order valence-electron chi connectivity index (χ4n) is 2.08. The van der Waals surface area contributed by atoms with Crippen molar-refractivity contribution in [1.29, 1.82) is 0 Å². The lowest BCUT2D eigenvalue weighted by Gasteiger charge is -2.22. The van der Waals surface area contributed by atoms with Crippen LogP contribution in [0.4, 0.5) is 0 Å². The largest absolute Gasteiger partial charge is 0.303 e. The topological polar surface area (TPSA) is 17.1 Å². The maximum atomic E-state index is 10.5. The van der Waals surface area contributed by atoms with E-state index in [4.69, 9.17) is 0 Å². The Bertz CT molecular complexity index is 176. The molecular formula is C13H22O. The van der Waals surface area contributed by atoms with Crippen LogP contribution in [0.3, 0.4) is 0 Å². The van der Waals surface area contributed by atoms with Gasteiger partial charge in [0, 0.05) is 5.92 Å². The number of carbonyl (C=O) groups is 1. The normalized spacial score (nSPS) is 28.1. The highest BCUT2D eigenvalue weighted by molar-refractivity contribution is 5.53. The molecule has 0 spiro atoms. The van der Waals surface area contributed by atoms with Gasteiger partial charge in [-0.2, -0.15) is 0 Å². The first-order valence-corrected chi connectivity index (χ1v) is 5.98. The van der Waals surface area contributed by atoms with Crippen LogP contribution in [0.1, 0.15) is 51.9 Å². The van der Waals surface area contributed by atoms with Crippen LogP contribution in [-0.2, 0) is 4.79 Å². The smallest absolute Gasteiger partial charge is 0.123 e. The van der Waals surface area contributed by atoms with Gasteiger partial charge in [0.1, 0.15) is 6.29 Å². The molecule has 0 aromatic carbocycles. The molecule has 0 atom stereocenters. The van der Waals surface area contributed by atoms with E-state index in [0.717, 1.165) is 25.0 Å². The molecule has 14 heavy (non-hydrogen) atoms. The SMILES string of the molecule is CCCC/C=C/C1CCC(C=O)CC1. The highest BCUT2D eigenvalue weighted by atomic mass is 16.1. The minimum Gasteiger partial charge on any atom is -0.303 e. The van der Waals surface area contributed by atoms with Crippen LogP contribution < -0.4 is 0 Å². The summed E-state index contributed by atoms with van der Waals surface area (Å²) >= 11 is 0. The Morgan fingerprint density at radius 2 is 1.79 bits per heavy atom. The van der Waals surface area contributed by atoms with Crippen LogP contribution >= 0.6 is 0 Å². The number of hydrogen-bond acceptors (Lipinski definition) is 1. The van der Waals surface area contributed by atoms with Gasteiger partial charge in [0.2, 0.25) is 0 Å². The quantitative estimate of drug-likeness (QED) is 0.370. The van der Waals surface area contributed by atoms with Crippen LogP contribution in [0.25, 0.3) is 0 Å². The van der Waals surface area contributed by atoms with Gasteiger partial charge in [-0.1, -0.05) is 31.9 Å². The Balaban J connectivity index is 2.15. The Hall–Kier alpha value is -0.590. The second-order valence-electron chi connectivity index (χ2n) is 4.38. The second kappa shape index (κ2) is 6.80. The van der Waals surface area contributed by atoms with Gasteiger partial charge < -0.3 is 4.79 Å². The van der Waals surface area contributed by atoms with Gasteiger partial charge >= 0.3 is 0 Å². The summed E-state index contributed by atoms with van der Waals surface area (Å²) < 4.78 is 0. The fourth-order valence-corrected chi connectivity index (χ4v) is 2.08. The van der Waals surface area contributed by atoms with Crippen molar-refractivity contribution in [3.05, 3.63) is 12.2 Å². The standard InChI is InChI=1S/C13H22O/c1-2-3-4-5-6-12-7-9-13(11-14)10-8-12/h5-6,11-13H,2-4,7-10H2,1H3/b6-5+. The number of rotatable bonds is 5. The van der Waals surface area contributed by atoms with E-state index in [1.54, 1.807) is 0 Å². The van der Waals surface area contributed by atoms with E-state index in [-0.39, 0.29) is 0 Å². The van der Waals surface area contributed by atoms with E-state index in [9.17, 15) is 4.79 Å². The number of unbranched alkanes of at least 4 members (excludes halogenated alkanes) is 2. The van der Waals surface area contributed by atoms with Crippen molar-refractivity contribution < 1.29 is 4.79 Å². The van der Waals surface area contributed by atoms with E-state index in [2.05, 4.69) is 19.1 Å². The number of hydrogen-bond donors (Lipinski definition) is 0. The number of carbonyl (C=O) groups excluding carboxylic acids is 1. The molecule has 0 unspecified atom stereocenters. The summed E-state index contributed by atoms with van der Waals surface area (Å²) in [5.74, 6) is 1.11. The van der Waals surface area contributed by atoms with Gasteiger partial charge in [0.15, 0.2) is 0 Å². The van der Waals surface area contributed by atoms with Crippen LogP contribution in [-0.4, -0.2) is 6.29 Å². The van der Waals surface area contributed by atoms with Crippen molar-refractivity contribution in [3.8, 4) is 0 Å². The van der Waals surface area contributed by atoms with Gasteiger partial charge in [-0.3, -0.25) is 0 Å². The third-order valence-corrected chi connectivity index (χ3v) is 3.14. The monoisotopic (exact) mass is 194 g/mol. The van der Waals surface area contributed by atoms with Gasteiger partial charge in [-0.25, -0.2) is 0 Å². The minimum atomic E-state index is 0.357. The molecular weight excluding hydrogens is 172 g/mol. The average Bonchev–Trinajstić information content (AvgIpc) is 2.25. The lowest BCUT2D eigenvalue weighted by Crippen LogP contribution is -2.13. The highest BCUT2D eigenvalue weighted by Crippen LogP contribution is 2.28. The summed E-state index contributed by atoms with van der Waals surface area (Å²) in [5.41, 5.74) is 0. The zero-order valence-electron chi connectivity index (χ0n) is 9.24. The third kappa shape index (κ3) is 4.08. The Labute approximate surface area is 87.6 Å². The Morgan fingerprint density at radius 1 is 1.14 bits per heavy atom. The van der Waals surface area contributed by atoms with E-state index in [1.807, 2.05) is 0 Å². The molecule has 1 fully saturated rings. The fraction of sp³-hybridized carbons (Fsp3) is 0.769. The van der Waals surface area contributed by atoms with Gasteiger partial charge in [-0.05, 0) is 38.0 Å². The van der Waals surface area contributed by atoms with Crippen molar-refractivity contribution in [2.75, 3.05) is 0 Å². The summed E-state index contributed by atoms with van der Waals surface area (Å²) in [7, 11) is 0. The zero-order valence-corrected chi connectivity index (χ0v) is 9.24. The summed E-state index contributed by atoms with van der Waals surface area (Å²) in [5, 5.41) is 0. The summed E-state index contributed by atoms with van der Waals surface area (Å²) in [6.07, 6.45) is 14.3. The summed E-state index contributed by atoms with van der Waals surface area (Å²) in [6.45, 7) is 2.23. The molecule has 1 heteroatoms. The summed E-state index contributed by atoms with van der Waals surface area (Å²) in [6, 6.07) is 0. The first-order chi connectivity index (χ1) is 6.86. The predicted octanol–water partition coefficient (Wildman–Crippen LogP) is 3.74. The lowest BCUT2D eigenvalue weighted by atomic mass is 9.82. The maximum Gasteiger partial charge on any atom is 0.123 e. The van der Waals surface area contributed by atoms with Crippen LogP contribution in [0.15, 0.2) is 12.2 Å². The minimum absolute atomic E-state index is 0.357. The lowest BCUT2D eigenvalue weighted by molar-refractivity contribution is -0.112. The van der Waals surface area contributed by atoms with Crippen molar-refractivity contribution >= 4 is 6.29 Å². The molecule has 0 amide bonds. The number of allylic oxidation sites excluding steroid dienone is 2. The van der Waals surface area contributed by atoms with Gasteiger partial charge in [-0.15, -0.1) is 0 Å². The first kappa shape index (κ1) is 11.5. The molecule has 80 valence electrons. The molecule has 1 saturated carbocycles. The van der Waals surface area contributed by atoms with E-state index in [1.165, 1.54) is 32.1 Å². The zero-order chi connectivity index (χ0) is 10.2. The molecule has 0 saturated heterocycles. The molecule has 0 heterocycles. The number of aldehydes is 1. The van der Waals surface area contributed by atoms with Crippen molar-refractivity contribution in [1.82, 2.24) is 0 Å². The second-order valence-corrected chi connectivity index (χ2v) is 4.38. The average molecular weight is 194 g/mol. The van der Waals surface area contributed by atoms with Crippen molar-refractivity contribution in [2.24, 2.45) is 11.8 Å². The molecule has 1 rings (SSSR count). The molecule has 0 aromatic heterocycles. The van der Waals surface area contributed by atoms with Gasteiger partial charge in [0.05, 0.1) is 0 Å². The molecule has 1 nitrogen and oxygen atoms in total. The molecule has 1 aliphatic rings. The highest BCUT2D eigenvalue weighted by Gasteiger charge is 2.18. The van der Waals surface area contributed by atoms with Crippen LogP contribution in [0.2, 0.25) is 0 Å². The van der Waals surface area contributed by atoms with Crippen molar-refractivity contribution in [3.63, 3.8) is 0 Å². The predicted molar refractivity (Wildman–Crippen MR) is 60.2 cm³/mol. The maximum absolute atomic E-state index is 10.5. The third-order valence-electron chi connectivity index (χ3n) is 3.14. The molecule has 1 aliphatic carbocycles. The van der Waals surface area contributed by atoms with E-state index >= 15 is 0 Å². The summed E-state index contributed by atoms with van der Waals surface area (Å²) in [4.78, 5) is 10.5. The molecule has 0 bridgehead atoms. The Kier molecular flexibility index (Phi) is 5.58. The van der Waals surface area contributed by atoms with Crippen LogP contribution in [0.5, 0.6) is 0 Å².